The van der Waals surface area contributed by atoms with E-state index >= 15 is 0 Å². The highest BCUT2D eigenvalue weighted by atomic mass is 19.1. The number of nitrogens with zero attached hydrogens (tertiary/aromatic N) is 2. The smallest absolute Gasteiger partial charge is 0.215 e. The van der Waals surface area contributed by atoms with Crippen LogP contribution in [0.15, 0.2) is 12.5 Å². The number of ketones is 1. The van der Waals surface area contributed by atoms with Crippen molar-refractivity contribution in [2.75, 3.05) is 6.61 Å². The van der Waals surface area contributed by atoms with Gasteiger partial charge >= 0.3 is 0 Å². The molecule has 0 spiro atoms. The molecule has 2 heterocycles. The molecule has 0 aromatic carbocycles. The largest absolute Gasteiger partial charge is 0.364 e. The minimum atomic E-state index is -0.696. The summed E-state index contributed by atoms with van der Waals surface area (Å²) in [6, 6.07) is 0. The average molecular weight is 168 g/mol. The van der Waals surface area contributed by atoms with Crippen molar-refractivity contribution in [1.29, 1.82) is 0 Å². The summed E-state index contributed by atoms with van der Waals surface area (Å²) in [5, 5.41) is 0. The van der Waals surface area contributed by atoms with E-state index in [0.717, 1.165) is 12.5 Å². The Morgan fingerprint density at radius 3 is 3.08 bits per heavy atom. The number of hydrogen-bond acceptors (Lipinski definition) is 4. The van der Waals surface area contributed by atoms with E-state index in [4.69, 9.17) is 4.74 Å². The Morgan fingerprint density at radius 2 is 2.50 bits per heavy atom. The maximum absolute atomic E-state index is 12.8. The fourth-order valence-corrected chi connectivity index (χ4v) is 0.846. The minimum absolute atomic E-state index is 0.187. The summed E-state index contributed by atoms with van der Waals surface area (Å²) in [6.07, 6.45) is 1.61. The quantitative estimate of drug-likeness (QED) is 0.467. The summed E-state index contributed by atoms with van der Waals surface area (Å²) in [6.45, 7) is 0.363. The van der Waals surface area contributed by atoms with Gasteiger partial charge in [0.1, 0.15) is 18.1 Å². The van der Waals surface area contributed by atoms with Crippen LogP contribution in [0.3, 0.4) is 0 Å². The minimum Gasteiger partial charge on any atom is -0.364 e. The average Bonchev–Trinajstić information content (AvgIpc) is 2.86. The maximum atomic E-state index is 12.8. The maximum Gasteiger partial charge on any atom is 0.215 e. The van der Waals surface area contributed by atoms with Crippen LogP contribution in [0, 0.1) is 5.82 Å². The molecule has 2 rings (SSSR count). The number of Topliss-reactive ketones (excluding diaryl/α,β-unsaturated/α-hetero) is 1. The Morgan fingerprint density at radius 1 is 1.75 bits per heavy atom. The van der Waals surface area contributed by atoms with Crippen molar-refractivity contribution in [3.05, 3.63) is 24.0 Å². The van der Waals surface area contributed by atoms with E-state index in [1.54, 1.807) is 0 Å². The number of halogens is 1. The molecule has 1 unspecified atom stereocenters. The van der Waals surface area contributed by atoms with Crippen molar-refractivity contribution in [3.8, 4) is 0 Å². The fourth-order valence-electron chi connectivity index (χ4n) is 0.846. The fraction of sp³-hybridized carbons (Fsp3) is 0.286. The first-order valence-corrected chi connectivity index (χ1v) is 3.40. The standard InChI is InChI=1S/C7H5FN2O2/c8-4-1-9-3-10-6(4)7(11)5-2-12-5/h1,3,5H,2H2. The molecule has 0 bridgehead atoms. The normalized spacial score (nSPS) is 20.6. The van der Waals surface area contributed by atoms with Crippen LogP contribution >= 0.6 is 0 Å². The van der Waals surface area contributed by atoms with Gasteiger partial charge in [-0.3, -0.25) is 4.79 Å². The van der Waals surface area contributed by atoms with E-state index in [1.807, 2.05) is 0 Å². The molecule has 0 N–H and O–H groups in total. The van der Waals surface area contributed by atoms with Gasteiger partial charge in [0.15, 0.2) is 5.82 Å². The van der Waals surface area contributed by atoms with Gasteiger partial charge in [0.05, 0.1) is 12.8 Å². The molecule has 0 saturated carbocycles. The second-order valence-electron chi connectivity index (χ2n) is 2.41. The number of carbonyl (C=O) groups excluding carboxylic acids is 1. The highest BCUT2D eigenvalue weighted by molar-refractivity contribution is 5.99. The topological polar surface area (TPSA) is 55.4 Å². The third-order valence-electron chi connectivity index (χ3n) is 1.53. The number of aromatic nitrogens is 2. The van der Waals surface area contributed by atoms with Gasteiger partial charge < -0.3 is 4.74 Å². The lowest BCUT2D eigenvalue weighted by atomic mass is 10.2. The van der Waals surface area contributed by atoms with Gasteiger partial charge in [-0.25, -0.2) is 14.4 Å². The molecule has 4 nitrogen and oxygen atoms in total. The zero-order valence-corrected chi connectivity index (χ0v) is 6.03. The summed E-state index contributed by atoms with van der Waals surface area (Å²) in [4.78, 5) is 18.1. The monoisotopic (exact) mass is 168 g/mol. The lowest BCUT2D eigenvalue weighted by Crippen LogP contribution is -2.11. The van der Waals surface area contributed by atoms with Crippen LogP contribution in [0.2, 0.25) is 0 Å². The second-order valence-corrected chi connectivity index (χ2v) is 2.41. The number of rotatable bonds is 2. The van der Waals surface area contributed by atoms with E-state index < -0.39 is 17.7 Å². The molecule has 1 aromatic heterocycles. The first kappa shape index (κ1) is 7.30. The molecular weight excluding hydrogens is 163 g/mol. The van der Waals surface area contributed by atoms with E-state index in [-0.39, 0.29) is 5.69 Å². The van der Waals surface area contributed by atoms with Crippen molar-refractivity contribution < 1.29 is 13.9 Å². The van der Waals surface area contributed by atoms with Crippen LogP contribution in [0.25, 0.3) is 0 Å². The lowest BCUT2D eigenvalue weighted by molar-refractivity contribution is 0.0944. The highest BCUT2D eigenvalue weighted by Crippen LogP contribution is 2.15. The van der Waals surface area contributed by atoms with Crippen LogP contribution in [0.4, 0.5) is 4.39 Å². The van der Waals surface area contributed by atoms with E-state index in [1.165, 1.54) is 0 Å². The molecular formula is C7H5FN2O2. The lowest BCUT2D eigenvalue weighted by Gasteiger charge is -1.95. The summed E-state index contributed by atoms with van der Waals surface area (Å²) in [7, 11) is 0. The first-order valence-electron chi connectivity index (χ1n) is 3.40. The first-order chi connectivity index (χ1) is 5.79. The van der Waals surface area contributed by atoms with Crippen LogP contribution in [-0.2, 0) is 4.74 Å². The predicted octanol–water partition coefficient (Wildman–Crippen LogP) is 0.197. The van der Waals surface area contributed by atoms with Gasteiger partial charge in [-0.1, -0.05) is 0 Å². The molecule has 1 saturated heterocycles. The molecule has 1 aromatic rings. The summed E-state index contributed by atoms with van der Waals surface area (Å²) in [5.74, 6) is -1.10. The molecule has 0 amide bonds. The van der Waals surface area contributed by atoms with Gasteiger partial charge in [-0.15, -0.1) is 0 Å². The predicted molar refractivity (Wildman–Crippen MR) is 36.1 cm³/mol. The van der Waals surface area contributed by atoms with E-state index in [0.29, 0.717) is 6.61 Å². The van der Waals surface area contributed by atoms with Crippen LogP contribution in [-0.4, -0.2) is 28.5 Å². The number of hydrogen-bond donors (Lipinski definition) is 0. The highest BCUT2D eigenvalue weighted by Gasteiger charge is 2.34. The zero-order valence-electron chi connectivity index (χ0n) is 6.03. The third kappa shape index (κ3) is 1.18. The van der Waals surface area contributed by atoms with Crippen LogP contribution < -0.4 is 0 Å². The van der Waals surface area contributed by atoms with Gasteiger partial charge in [0.2, 0.25) is 5.78 Å². The molecule has 0 aliphatic carbocycles. The Hall–Kier alpha value is -1.36. The van der Waals surface area contributed by atoms with Crippen molar-refractivity contribution in [2.24, 2.45) is 0 Å². The second kappa shape index (κ2) is 2.60. The number of epoxide rings is 1. The molecule has 1 aliphatic heterocycles. The molecule has 1 fully saturated rings. The summed E-state index contributed by atoms with van der Waals surface area (Å²) in [5.41, 5.74) is -0.187. The SMILES string of the molecule is O=C(c1ncncc1F)C1CO1. The Labute approximate surface area is 67.4 Å². The van der Waals surface area contributed by atoms with Gasteiger partial charge in [-0.2, -0.15) is 0 Å². The van der Waals surface area contributed by atoms with Crippen LogP contribution in [0.5, 0.6) is 0 Å². The Bertz CT molecular complexity index is 325. The van der Waals surface area contributed by atoms with Crippen molar-refractivity contribution in [3.63, 3.8) is 0 Å². The summed E-state index contributed by atoms with van der Waals surface area (Å²) < 4.78 is 17.5. The van der Waals surface area contributed by atoms with Crippen molar-refractivity contribution >= 4 is 5.78 Å². The molecule has 5 heteroatoms. The van der Waals surface area contributed by atoms with Crippen molar-refractivity contribution in [1.82, 2.24) is 9.97 Å². The Kier molecular flexibility index (Phi) is 1.58. The van der Waals surface area contributed by atoms with Gasteiger partial charge in [0.25, 0.3) is 0 Å². The Balaban J connectivity index is 2.32. The number of carbonyl (C=O) groups is 1. The van der Waals surface area contributed by atoms with E-state index in [9.17, 15) is 9.18 Å². The van der Waals surface area contributed by atoms with Crippen LogP contribution in [0.1, 0.15) is 10.5 Å². The molecule has 1 atom stereocenters. The molecule has 62 valence electrons. The zero-order chi connectivity index (χ0) is 8.55. The molecule has 1 aliphatic rings. The molecule has 12 heavy (non-hydrogen) atoms. The van der Waals surface area contributed by atoms with E-state index in [2.05, 4.69) is 9.97 Å². The molecule has 0 radical (unpaired) electrons. The number of ether oxygens (including phenoxy) is 1. The van der Waals surface area contributed by atoms with Gasteiger partial charge in [0, 0.05) is 0 Å². The van der Waals surface area contributed by atoms with Gasteiger partial charge in [-0.05, 0) is 0 Å². The summed E-state index contributed by atoms with van der Waals surface area (Å²) >= 11 is 0. The third-order valence-corrected chi connectivity index (χ3v) is 1.53. The van der Waals surface area contributed by atoms with Crippen molar-refractivity contribution in [2.45, 2.75) is 6.10 Å².